The van der Waals surface area contributed by atoms with Gasteiger partial charge in [-0.15, -0.1) is 6.42 Å². The quantitative estimate of drug-likeness (QED) is 0.437. The second-order valence-corrected chi connectivity index (χ2v) is 2.67. The van der Waals surface area contributed by atoms with E-state index in [-0.39, 0.29) is 0 Å². The Morgan fingerprint density at radius 1 is 1.27 bits per heavy atom. The maximum absolute atomic E-state index is 5.61. The topological polar surface area (TPSA) is 26.0 Å². The largest absolute Gasteiger partial charge is 0.399 e. The Hall–Kier alpha value is -1.42. The van der Waals surface area contributed by atoms with Gasteiger partial charge in [-0.2, -0.15) is 0 Å². The lowest BCUT2D eigenvalue weighted by atomic mass is 10.0. The Kier molecular flexibility index (Phi) is 1.87. The van der Waals surface area contributed by atoms with E-state index in [0.29, 0.717) is 0 Å². The van der Waals surface area contributed by atoms with Crippen LogP contribution >= 0.6 is 0 Å². The number of anilines is 1. The minimum absolute atomic E-state index is 0.777. The summed E-state index contributed by atoms with van der Waals surface area (Å²) in [7, 11) is 0. The first-order chi connectivity index (χ1) is 5.15. The molecule has 0 saturated heterocycles. The number of nitrogen functional groups attached to an aromatic ring is 1. The van der Waals surface area contributed by atoms with Gasteiger partial charge in [0.2, 0.25) is 0 Å². The molecule has 0 fully saturated rings. The highest BCUT2D eigenvalue weighted by atomic mass is 14.5. The number of hydrogen-bond donors (Lipinski definition) is 1. The predicted molar refractivity (Wildman–Crippen MR) is 48.3 cm³/mol. The van der Waals surface area contributed by atoms with E-state index < -0.39 is 0 Å². The molecule has 0 radical (unpaired) electrons. The number of aryl methyl sites for hydroxylation is 2. The molecule has 0 heterocycles. The minimum Gasteiger partial charge on any atom is -0.399 e. The van der Waals surface area contributed by atoms with E-state index in [1.807, 2.05) is 26.0 Å². The van der Waals surface area contributed by atoms with Crippen molar-refractivity contribution >= 4 is 5.69 Å². The third-order valence-corrected chi connectivity index (χ3v) is 1.70. The zero-order chi connectivity index (χ0) is 8.43. The van der Waals surface area contributed by atoms with Crippen LogP contribution < -0.4 is 5.73 Å². The summed E-state index contributed by atoms with van der Waals surface area (Å²) in [4.78, 5) is 0. The Morgan fingerprint density at radius 3 is 2.09 bits per heavy atom. The first kappa shape index (κ1) is 7.68. The van der Waals surface area contributed by atoms with E-state index in [9.17, 15) is 0 Å². The number of benzene rings is 1. The molecule has 1 aromatic carbocycles. The lowest BCUT2D eigenvalue weighted by molar-refractivity contribution is 1.35. The molecule has 0 aromatic heterocycles. The van der Waals surface area contributed by atoms with Crippen LogP contribution in [0.15, 0.2) is 12.1 Å². The summed E-state index contributed by atoms with van der Waals surface area (Å²) >= 11 is 0. The van der Waals surface area contributed by atoms with Gasteiger partial charge in [0.05, 0.1) is 0 Å². The molecule has 56 valence electrons. The summed E-state index contributed by atoms with van der Waals surface area (Å²) in [6.07, 6.45) is 5.31. The zero-order valence-corrected chi connectivity index (χ0v) is 6.81. The molecule has 0 amide bonds. The summed E-state index contributed by atoms with van der Waals surface area (Å²) in [5.74, 6) is 2.64. The van der Waals surface area contributed by atoms with E-state index in [2.05, 4.69) is 5.92 Å². The molecular weight excluding hydrogens is 134 g/mol. The normalized spacial score (nSPS) is 9.18. The molecular formula is C10H11N. The van der Waals surface area contributed by atoms with Crippen LogP contribution in [0.1, 0.15) is 16.7 Å². The molecule has 2 N–H and O–H groups in total. The highest BCUT2D eigenvalue weighted by molar-refractivity contribution is 5.54. The highest BCUT2D eigenvalue weighted by Crippen LogP contribution is 2.16. The summed E-state index contributed by atoms with van der Waals surface area (Å²) < 4.78 is 0. The second-order valence-electron chi connectivity index (χ2n) is 2.67. The lowest BCUT2D eigenvalue weighted by Crippen LogP contribution is -1.92. The molecule has 11 heavy (non-hydrogen) atoms. The van der Waals surface area contributed by atoms with Crippen LogP contribution in [0.5, 0.6) is 0 Å². The van der Waals surface area contributed by atoms with E-state index in [4.69, 9.17) is 12.2 Å². The number of rotatable bonds is 0. The number of terminal acetylenes is 1. The van der Waals surface area contributed by atoms with Gasteiger partial charge in [0, 0.05) is 11.3 Å². The third-order valence-electron chi connectivity index (χ3n) is 1.70. The van der Waals surface area contributed by atoms with Crippen molar-refractivity contribution in [2.45, 2.75) is 13.8 Å². The van der Waals surface area contributed by atoms with E-state index in [1.54, 1.807) is 0 Å². The Labute approximate surface area is 67.2 Å². The molecule has 0 spiro atoms. The van der Waals surface area contributed by atoms with Crippen molar-refractivity contribution in [2.75, 3.05) is 5.73 Å². The molecule has 1 nitrogen and oxygen atoms in total. The van der Waals surface area contributed by atoms with Crippen LogP contribution in [0, 0.1) is 26.2 Å². The van der Waals surface area contributed by atoms with E-state index in [1.165, 1.54) is 0 Å². The first-order valence-corrected chi connectivity index (χ1v) is 3.48. The third kappa shape index (κ3) is 1.35. The molecule has 0 aliphatic rings. The van der Waals surface area contributed by atoms with Crippen LogP contribution in [0.4, 0.5) is 5.69 Å². The maximum atomic E-state index is 5.61. The fourth-order valence-corrected chi connectivity index (χ4v) is 1.22. The van der Waals surface area contributed by atoms with Gasteiger partial charge >= 0.3 is 0 Å². The minimum atomic E-state index is 0.777. The SMILES string of the molecule is C#Cc1c(C)cc(N)cc1C. The zero-order valence-electron chi connectivity index (χ0n) is 6.81. The van der Waals surface area contributed by atoms with Gasteiger partial charge in [0.15, 0.2) is 0 Å². The molecule has 0 saturated carbocycles. The Balaban J connectivity index is 3.40. The van der Waals surface area contributed by atoms with Crippen molar-refractivity contribution in [1.29, 1.82) is 0 Å². The van der Waals surface area contributed by atoms with Crippen LogP contribution in [-0.2, 0) is 0 Å². The van der Waals surface area contributed by atoms with Crippen molar-refractivity contribution in [3.63, 3.8) is 0 Å². The van der Waals surface area contributed by atoms with Crippen LogP contribution in [-0.4, -0.2) is 0 Å². The van der Waals surface area contributed by atoms with Gasteiger partial charge in [-0.25, -0.2) is 0 Å². The fraction of sp³-hybridized carbons (Fsp3) is 0.200. The van der Waals surface area contributed by atoms with Crippen molar-refractivity contribution in [1.82, 2.24) is 0 Å². The standard InChI is InChI=1S/C10H11N/c1-4-10-7(2)5-9(11)6-8(10)3/h1,5-6H,11H2,2-3H3. The van der Waals surface area contributed by atoms with Gasteiger partial charge in [-0.1, -0.05) is 5.92 Å². The van der Waals surface area contributed by atoms with Crippen LogP contribution in [0.3, 0.4) is 0 Å². The van der Waals surface area contributed by atoms with E-state index in [0.717, 1.165) is 22.4 Å². The molecule has 1 aromatic rings. The highest BCUT2D eigenvalue weighted by Gasteiger charge is 1.99. The number of hydrogen-bond acceptors (Lipinski definition) is 1. The lowest BCUT2D eigenvalue weighted by Gasteiger charge is -2.03. The second kappa shape index (κ2) is 2.67. The molecule has 0 atom stereocenters. The van der Waals surface area contributed by atoms with Gasteiger partial charge in [-0.05, 0) is 37.1 Å². The molecule has 1 heteroatoms. The van der Waals surface area contributed by atoms with Gasteiger partial charge in [0.1, 0.15) is 0 Å². The summed E-state index contributed by atoms with van der Waals surface area (Å²) in [6, 6.07) is 3.78. The summed E-state index contributed by atoms with van der Waals surface area (Å²) in [5.41, 5.74) is 9.50. The first-order valence-electron chi connectivity index (χ1n) is 3.48. The molecule has 0 bridgehead atoms. The number of nitrogens with two attached hydrogens (primary N) is 1. The van der Waals surface area contributed by atoms with Crippen LogP contribution in [0.25, 0.3) is 0 Å². The van der Waals surface area contributed by atoms with E-state index >= 15 is 0 Å². The monoisotopic (exact) mass is 145 g/mol. The van der Waals surface area contributed by atoms with Crippen molar-refractivity contribution < 1.29 is 0 Å². The fourth-order valence-electron chi connectivity index (χ4n) is 1.22. The summed E-state index contributed by atoms with van der Waals surface area (Å²) in [6.45, 7) is 3.94. The van der Waals surface area contributed by atoms with Crippen molar-refractivity contribution in [3.8, 4) is 12.3 Å². The van der Waals surface area contributed by atoms with Gasteiger partial charge in [-0.3, -0.25) is 0 Å². The average Bonchev–Trinajstić information content (AvgIpc) is 1.85. The molecule has 0 aliphatic heterocycles. The Bertz CT molecular complexity index is 295. The average molecular weight is 145 g/mol. The summed E-state index contributed by atoms with van der Waals surface area (Å²) in [5, 5.41) is 0. The molecule has 0 unspecified atom stereocenters. The molecule has 1 rings (SSSR count). The predicted octanol–water partition coefficient (Wildman–Crippen LogP) is 1.87. The van der Waals surface area contributed by atoms with Crippen molar-refractivity contribution in [3.05, 3.63) is 28.8 Å². The van der Waals surface area contributed by atoms with Gasteiger partial charge in [0.25, 0.3) is 0 Å². The Morgan fingerprint density at radius 2 is 1.73 bits per heavy atom. The van der Waals surface area contributed by atoms with Crippen molar-refractivity contribution in [2.24, 2.45) is 0 Å². The maximum Gasteiger partial charge on any atom is 0.0320 e. The molecule has 0 aliphatic carbocycles. The van der Waals surface area contributed by atoms with Gasteiger partial charge < -0.3 is 5.73 Å². The van der Waals surface area contributed by atoms with Crippen LogP contribution in [0.2, 0.25) is 0 Å². The smallest absolute Gasteiger partial charge is 0.0320 e.